The highest BCUT2D eigenvalue weighted by Crippen LogP contribution is 2.29. The van der Waals surface area contributed by atoms with E-state index in [9.17, 15) is 4.79 Å². The third-order valence-corrected chi connectivity index (χ3v) is 5.01. The minimum atomic E-state index is -0.361. The molecule has 0 N–H and O–H groups in total. The van der Waals surface area contributed by atoms with Crippen LogP contribution in [0.3, 0.4) is 0 Å². The highest BCUT2D eigenvalue weighted by molar-refractivity contribution is 6.35. The summed E-state index contributed by atoms with van der Waals surface area (Å²) >= 11 is 12.1. The van der Waals surface area contributed by atoms with Crippen LogP contribution in [0.1, 0.15) is 23.2 Å². The molecule has 4 rings (SSSR count). The first-order valence-electron chi connectivity index (χ1n) is 8.85. The maximum Gasteiger partial charge on any atom is 0.338 e. The van der Waals surface area contributed by atoms with Crippen LogP contribution in [-0.2, 0) is 4.74 Å². The van der Waals surface area contributed by atoms with Crippen molar-refractivity contribution in [1.82, 2.24) is 9.88 Å². The SMILES string of the molecule is O=C(OCCN1CCCC1)c1ccc2nc(-c3cc(Cl)cc(Cl)c3)oc2c1. The molecule has 0 amide bonds. The van der Waals surface area contributed by atoms with E-state index in [2.05, 4.69) is 9.88 Å². The molecule has 0 radical (unpaired) electrons. The van der Waals surface area contributed by atoms with Crippen molar-refractivity contribution in [3.05, 3.63) is 52.0 Å². The first kappa shape index (κ1) is 18.3. The van der Waals surface area contributed by atoms with Crippen molar-refractivity contribution < 1.29 is 13.9 Å². The quantitative estimate of drug-likeness (QED) is 0.556. The molecule has 1 saturated heterocycles. The number of hydrogen-bond acceptors (Lipinski definition) is 5. The Morgan fingerprint density at radius 2 is 1.85 bits per heavy atom. The van der Waals surface area contributed by atoms with E-state index in [4.69, 9.17) is 32.4 Å². The second kappa shape index (κ2) is 7.89. The Hall–Kier alpha value is -2.08. The number of likely N-dealkylation sites (tertiary alicyclic amines) is 1. The lowest BCUT2D eigenvalue weighted by atomic mass is 10.2. The zero-order valence-electron chi connectivity index (χ0n) is 14.6. The molecule has 27 heavy (non-hydrogen) atoms. The third-order valence-electron chi connectivity index (χ3n) is 4.57. The summed E-state index contributed by atoms with van der Waals surface area (Å²) in [7, 11) is 0. The second-order valence-electron chi connectivity index (χ2n) is 6.54. The topological polar surface area (TPSA) is 55.6 Å². The normalized spacial score (nSPS) is 14.7. The van der Waals surface area contributed by atoms with E-state index >= 15 is 0 Å². The van der Waals surface area contributed by atoms with Gasteiger partial charge in [-0.2, -0.15) is 0 Å². The van der Waals surface area contributed by atoms with Gasteiger partial charge >= 0.3 is 5.97 Å². The molecule has 1 aliphatic rings. The number of carbonyl (C=O) groups is 1. The first-order valence-corrected chi connectivity index (χ1v) is 9.61. The van der Waals surface area contributed by atoms with Gasteiger partial charge in [-0.15, -0.1) is 0 Å². The smallest absolute Gasteiger partial charge is 0.338 e. The summed E-state index contributed by atoms with van der Waals surface area (Å²) in [5.74, 6) is 0.0359. The molecule has 1 aromatic heterocycles. The van der Waals surface area contributed by atoms with Gasteiger partial charge in [0.05, 0.1) is 5.56 Å². The van der Waals surface area contributed by atoms with Crippen LogP contribution in [0.15, 0.2) is 40.8 Å². The summed E-state index contributed by atoms with van der Waals surface area (Å²) in [5.41, 5.74) is 2.28. The van der Waals surface area contributed by atoms with E-state index in [0.717, 1.165) is 19.6 Å². The van der Waals surface area contributed by atoms with E-state index in [1.807, 2.05) is 0 Å². The monoisotopic (exact) mass is 404 g/mol. The number of carbonyl (C=O) groups excluding carboxylic acids is 1. The molecule has 0 atom stereocenters. The Morgan fingerprint density at radius 1 is 1.11 bits per heavy atom. The number of oxazole rings is 1. The van der Waals surface area contributed by atoms with Crippen LogP contribution in [-0.4, -0.2) is 42.1 Å². The predicted molar refractivity (Wildman–Crippen MR) is 105 cm³/mol. The van der Waals surface area contributed by atoms with Gasteiger partial charge in [-0.25, -0.2) is 9.78 Å². The molecular formula is C20H18Cl2N2O3. The number of ether oxygens (including phenoxy) is 1. The summed E-state index contributed by atoms with van der Waals surface area (Å²) in [5, 5.41) is 1.00. The summed E-state index contributed by atoms with van der Waals surface area (Å²) in [6, 6.07) is 10.2. The third kappa shape index (κ3) is 4.26. The van der Waals surface area contributed by atoms with Crippen LogP contribution < -0.4 is 0 Å². The van der Waals surface area contributed by atoms with Crippen LogP contribution in [0.5, 0.6) is 0 Å². The molecule has 5 nitrogen and oxygen atoms in total. The van der Waals surface area contributed by atoms with Crippen molar-refractivity contribution in [1.29, 1.82) is 0 Å². The van der Waals surface area contributed by atoms with Crippen molar-refractivity contribution in [3.8, 4) is 11.5 Å². The number of fused-ring (bicyclic) bond motifs is 1. The molecule has 140 valence electrons. The second-order valence-corrected chi connectivity index (χ2v) is 7.42. The Bertz CT molecular complexity index is 960. The van der Waals surface area contributed by atoms with E-state index < -0.39 is 0 Å². The Kier molecular flexibility index (Phi) is 5.34. The predicted octanol–water partition coefficient (Wildman–Crippen LogP) is 5.05. The summed E-state index contributed by atoms with van der Waals surface area (Å²) in [6.07, 6.45) is 2.44. The maximum absolute atomic E-state index is 12.3. The van der Waals surface area contributed by atoms with Crippen molar-refractivity contribution >= 4 is 40.3 Å². The lowest BCUT2D eigenvalue weighted by Crippen LogP contribution is -2.25. The average Bonchev–Trinajstić information content (AvgIpc) is 3.29. The van der Waals surface area contributed by atoms with Gasteiger partial charge in [0.1, 0.15) is 12.1 Å². The van der Waals surface area contributed by atoms with Crippen molar-refractivity contribution in [2.45, 2.75) is 12.8 Å². The molecule has 1 fully saturated rings. The Balaban J connectivity index is 1.49. The Labute approximate surface area is 166 Å². The van der Waals surface area contributed by atoms with Crippen LogP contribution in [0.25, 0.3) is 22.6 Å². The number of aromatic nitrogens is 1. The van der Waals surface area contributed by atoms with Gasteiger partial charge in [-0.1, -0.05) is 23.2 Å². The summed E-state index contributed by atoms with van der Waals surface area (Å²) < 4.78 is 11.2. The molecule has 2 aromatic carbocycles. The van der Waals surface area contributed by atoms with Gasteiger partial charge in [0.15, 0.2) is 5.58 Å². The van der Waals surface area contributed by atoms with Crippen LogP contribution in [0.2, 0.25) is 10.0 Å². The maximum atomic E-state index is 12.3. The number of hydrogen-bond donors (Lipinski definition) is 0. The van der Waals surface area contributed by atoms with Crippen molar-refractivity contribution in [3.63, 3.8) is 0 Å². The standard InChI is InChI=1S/C20H18Cl2N2O3/c21-15-9-14(10-16(22)12-15)19-23-17-4-3-13(11-18(17)27-19)20(25)26-8-7-24-5-1-2-6-24/h3-4,9-12H,1-2,5-8H2. The first-order chi connectivity index (χ1) is 13.1. The van der Waals surface area contributed by atoms with Gasteiger partial charge in [-0.3, -0.25) is 4.90 Å². The number of esters is 1. The molecule has 0 aliphatic carbocycles. The fourth-order valence-corrected chi connectivity index (χ4v) is 3.74. The number of rotatable bonds is 5. The molecule has 1 aliphatic heterocycles. The van der Waals surface area contributed by atoms with Crippen LogP contribution >= 0.6 is 23.2 Å². The van der Waals surface area contributed by atoms with Crippen molar-refractivity contribution in [2.24, 2.45) is 0 Å². The molecule has 0 unspecified atom stereocenters. The van der Waals surface area contributed by atoms with E-state index in [-0.39, 0.29) is 5.97 Å². The molecular weight excluding hydrogens is 387 g/mol. The van der Waals surface area contributed by atoms with E-state index in [1.165, 1.54) is 12.8 Å². The van der Waals surface area contributed by atoms with E-state index in [0.29, 0.717) is 44.8 Å². The molecule has 7 heteroatoms. The largest absolute Gasteiger partial charge is 0.461 e. The van der Waals surface area contributed by atoms with Gasteiger partial charge in [0.2, 0.25) is 5.89 Å². The van der Waals surface area contributed by atoms with Gasteiger partial charge < -0.3 is 9.15 Å². The molecule has 2 heterocycles. The minimum absolute atomic E-state index is 0.361. The highest BCUT2D eigenvalue weighted by atomic mass is 35.5. The highest BCUT2D eigenvalue weighted by Gasteiger charge is 2.15. The molecule has 0 spiro atoms. The molecule has 0 bridgehead atoms. The minimum Gasteiger partial charge on any atom is -0.461 e. The fourth-order valence-electron chi connectivity index (χ4n) is 3.21. The van der Waals surface area contributed by atoms with E-state index in [1.54, 1.807) is 36.4 Å². The lowest BCUT2D eigenvalue weighted by Gasteiger charge is -2.14. The number of benzene rings is 2. The average molecular weight is 405 g/mol. The summed E-state index contributed by atoms with van der Waals surface area (Å²) in [4.78, 5) is 19.0. The number of nitrogens with zero attached hydrogens (tertiary/aromatic N) is 2. The van der Waals surface area contributed by atoms with Crippen LogP contribution in [0.4, 0.5) is 0 Å². The molecule has 3 aromatic rings. The van der Waals surface area contributed by atoms with Gasteiger partial charge in [0.25, 0.3) is 0 Å². The molecule has 0 saturated carbocycles. The van der Waals surface area contributed by atoms with Crippen LogP contribution in [0, 0.1) is 0 Å². The summed E-state index contributed by atoms with van der Waals surface area (Å²) in [6.45, 7) is 3.32. The zero-order chi connectivity index (χ0) is 18.8. The zero-order valence-corrected chi connectivity index (χ0v) is 16.1. The van der Waals surface area contributed by atoms with Gasteiger partial charge in [-0.05, 0) is 62.3 Å². The van der Waals surface area contributed by atoms with Crippen molar-refractivity contribution in [2.75, 3.05) is 26.2 Å². The Morgan fingerprint density at radius 3 is 2.59 bits per heavy atom. The number of halogens is 2. The lowest BCUT2D eigenvalue weighted by molar-refractivity contribution is 0.0472. The fraction of sp³-hybridized carbons (Fsp3) is 0.300. The van der Waals surface area contributed by atoms with Gasteiger partial charge in [0, 0.05) is 22.2 Å².